The molecule has 0 heterocycles. The average molecular weight is 220 g/mol. The van der Waals surface area contributed by atoms with E-state index in [9.17, 15) is 8.78 Å². The first-order valence-electron chi connectivity index (χ1n) is 5.03. The van der Waals surface area contributed by atoms with Crippen molar-refractivity contribution >= 4 is 0 Å². The van der Waals surface area contributed by atoms with Gasteiger partial charge in [-0.1, -0.05) is 35.9 Å². The van der Waals surface area contributed by atoms with Crippen molar-refractivity contribution < 1.29 is 8.78 Å². The molecule has 0 N–H and O–H groups in total. The summed E-state index contributed by atoms with van der Waals surface area (Å²) < 4.78 is 24.5. The molecule has 0 atom stereocenters. The molecule has 0 spiro atoms. The molecule has 0 nitrogen and oxygen atoms in total. The summed E-state index contributed by atoms with van der Waals surface area (Å²) in [5.41, 5.74) is 1.66. The van der Waals surface area contributed by atoms with Crippen molar-refractivity contribution in [3.8, 4) is 0 Å². The van der Waals surface area contributed by atoms with E-state index in [1.165, 1.54) is 12.5 Å². The first-order valence-corrected chi connectivity index (χ1v) is 5.03. The molecular weight excluding hydrogens is 206 g/mol. The summed E-state index contributed by atoms with van der Waals surface area (Å²) in [6.07, 6.45) is 0. The number of hydrogen-bond acceptors (Lipinski definition) is 0. The fourth-order valence-corrected chi connectivity index (χ4v) is 1.14. The van der Waals surface area contributed by atoms with Gasteiger partial charge in [0.15, 0.2) is 0 Å². The third-order valence-electron chi connectivity index (χ3n) is 2.06. The molecule has 0 unspecified atom stereocenters. The lowest BCUT2D eigenvalue weighted by Crippen LogP contribution is -1.81. The third kappa shape index (κ3) is 4.22. The molecular formula is C14H14F2. The van der Waals surface area contributed by atoms with E-state index in [1.807, 2.05) is 18.2 Å². The zero-order chi connectivity index (χ0) is 12.0. The number of hydrogen-bond donors (Lipinski definition) is 0. The zero-order valence-electron chi connectivity index (χ0n) is 9.37. The fourth-order valence-electron chi connectivity index (χ4n) is 1.14. The smallest absolute Gasteiger partial charge is 0.126 e. The lowest BCUT2D eigenvalue weighted by molar-refractivity contribution is 0.592. The summed E-state index contributed by atoms with van der Waals surface area (Å²) >= 11 is 0. The van der Waals surface area contributed by atoms with E-state index in [1.54, 1.807) is 0 Å². The predicted molar refractivity (Wildman–Crippen MR) is 62.3 cm³/mol. The van der Waals surface area contributed by atoms with Crippen LogP contribution in [0, 0.1) is 25.5 Å². The van der Waals surface area contributed by atoms with Crippen molar-refractivity contribution in [3.63, 3.8) is 0 Å². The third-order valence-corrected chi connectivity index (χ3v) is 2.06. The molecule has 0 saturated heterocycles. The van der Waals surface area contributed by atoms with Gasteiger partial charge in [0.25, 0.3) is 0 Å². The maximum Gasteiger partial charge on any atom is 0.126 e. The van der Waals surface area contributed by atoms with Crippen molar-refractivity contribution in [3.05, 3.63) is 71.3 Å². The Morgan fingerprint density at radius 2 is 1.44 bits per heavy atom. The number of halogens is 2. The van der Waals surface area contributed by atoms with Crippen molar-refractivity contribution in [1.82, 2.24) is 0 Å². The van der Waals surface area contributed by atoms with Crippen molar-refractivity contribution in [2.75, 3.05) is 0 Å². The molecule has 0 radical (unpaired) electrons. The van der Waals surface area contributed by atoms with Crippen LogP contribution in [0.15, 0.2) is 48.5 Å². The second-order valence-corrected chi connectivity index (χ2v) is 3.55. The molecule has 0 aromatic heterocycles. The lowest BCUT2D eigenvalue weighted by atomic mass is 10.2. The predicted octanol–water partition coefficient (Wildman–Crippen LogP) is 4.27. The van der Waals surface area contributed by atoms with Gasteiger partial charge in [-0.2, -0.15) is 0 Å². The van der Waals surface area contributed by atoms with Gasteiger partial charge in [-0.15, -0.1) is 0 Å². The molecule has 0 saturated carbocycles. The number of rotatable bonds is 0. The van der Waals surface area contributed by atoms with Crippen LogP contribution in [0.25, 0.3) is 0 Å². The highest BCUT2D eigenvalue weighted by Gasteiger charge is 1.95. The summed E-state index contributed by atoms with van der Waals surface area (Å²) in [5, 5.41) is 0. The zero-order valence-corrected chi connectivity index (χ0v) is 9.37. The first-order chi connectivity index (χ1) is 7.59. The van der Waals surface area contributed by atoms with E-state index in [0.717, 1.165) is 18.2 Å². The Morgan fingerprint density at radius 1 is 0.812 bits per heavy atom. The lowest BCUT2D eigenvalue weighted by Gasteiger charge is -1.92. The van der Waals surface area contributed by atoms with Crippen LogP contribution in [-0.2, 0) is 0 Å². The minimum atomic E-state index is -0.395. The summed E-state index contributed by atoms with van der Waals surface area (Å²) in [6.45, 7) is 3.61. The molecule has 84 valence electrons. The summed E-state index contributed by atoms with van der Waals surface area (Å²) in [7, 11) is 0. The Kier molecular flexibility index (Phi) is 4.65. The Bertz CT molecular complexity index is 436. The summed E-state index contributed by atoms with van der Waals surface area (Å²) in [6, 6.07) is 13.6. The minimum absolute atomic E-state index is 0.343. The highest BCUT2D eigenvalue weighted by Crippen LogP contribution is 2.06. The molecule has 0 aliphatic carbocycles. The van der Waals surface area contributed by atoms with Gasteiger partial charge in [0.1, 0.15) is 11.6 Å². The first kappa shape index (κ1) is 12.4. The molecule has 2 rings (SSSR count). The average Bonchev–Trinajstić information content (AvgIpc) is 2.26. The van der Waals surface area contributed by atoms with Crippen LogP contribution in [0.4, 0.5) is 8.78 Å². The van der Waals surface area contributed by atoms with E-state index in [4.69, 9.17) is 0 Å². The molecule has 0 bridgehead atoms. The van der Waals surface area contributed by atoms with E-state index in [0.29, 0.717) is 5.56 Å². The Balaban J connectivity index is 0.000000165. The largest absolute Gasteiger partial charge is 0.207 e. The van der Waals surface area contributed by atoms with Crippen LogP contribution in [0.3, 0.4) is 0 Å². The van der Waals surface area contributed by atoms with Gasteiger partial charge >= 0.3 is 0 Å². The van der Waals surface area contributed by atoms with Gasteiger partial charge in [0.05, 0.1) is 0 Å². The highest BCUT2D eigenvalue weighted by molar-refractivity contribution is 5.16. The van der Waals surface area contributed by atoms with Gasteiger partial charge in [0.2, 0.25) is 0 Å². The molecule has 2 heteroatoms. The molecule has 0 aliphatic rings. The highest BCUT2D eigenvalue weighted by atomic mass is 19.1. The molecule has 2 aromatic carbocycles. The topological polar surface area (TPSA) is 0 Å². The van der Waals surface area contributed by atoms with Crippen LogP contribution in [0.1, 0.15) is 11.1 Å². The Labute approximate surface area is 94.6 Å². The number of aryl methyl sites for hydroxylation is 2. The molecule has 2 aromatic rings. The van der Waals surface area contributed by atoms with E-state index < -0.39 is 5.82 Å². The standard InChI is InChI=1S/C7H6F2.C7H8/c1-5-4-6(8)2-3-7(5)9;1-7-5-3-2-4-6-7/h2-4H,1H3;2-6H,1H3. The van der Waals surface area contributed by atoms with Gasteiger partial charge in [0, 0.05) is 0 Å². The van der Waals surface area contributed by atoms with Gasteiger partial charge in [-0.25, -0.2) is 8.78 Å². The second-order valence-electron chi connectivity index (χ2n) is 3.55. The van der Waals surface area contributed by atoms with Crippen LogP contribution >= 0.6 is 0 Å². The fraction of sp³-hybridized carbons (Fsp3) is 0.143. The molecule has 0 aliphatic heterocycles. The van der Waals surface area contributed by atoms with Crippen LogP contribution in [0.5, 0.6) is 0 Å². The molecule has 0 fully saturated rings. The minimum Gasteiger partial charge on any atom is -0.207 e. The van der Waals surface area contributed by atoms with Gasteiger partial charge in [-0.05, 0) is 37.6 Å². The van der Waals surface area contributed by atoms with Crippen LogP contribution in [-0.4, -0.2) is 0 Å². The SMILES string of the molecule is Cc1cc(F)ccc1F.Cc1ccccc1. The van der Waals surface area contributed by atoms with Gasteiger partial charge < -0.3 is 0 Å². The van der Waals surface area contributed by atoms with Crippen LogP contribution < -0.4 is 0 Å². The van der Waals surface area contributed by atoms with Crippen molar-refractivity contribution in [2.24, 2.45) is 0 Å². The van der Waals surface area contributed by atoms with E-state index in [2.05, 4.69) is 19.1 Å². The molecule has 0 amide bonds. The van der Waals surface area contributed by atoms with Crippen molar-refractivity contribution in [1.29, 1.82) is 0 Å². The monoisotopic (exact) mass is 220 g/mol. The van der Waals surface area contributed by atoms with E-state index >= 15 is 0 Å². The summed E-state index contributed by atoms with van der Waals surface area (Å²) in [5.74, 6) is -0.759. The number of benzene rings is 2. The molecule has 16 heavy (non-hydrogen) atoms. The second kappa shape index (κ2) is 6.01. The van der Waals surface area contributed by atoms with Crippen molar-refractivity contribution in [2.45, 2.75) is 13.8 Å². The van der Waals surface area contributed by atoms with Crippen LogP contribution in [0.2, 0.25) is 0 Å². The van der Waals surface area contributed by atoms with Gasteiger partial charge in [-0.3, -0.25) is 0 Å². The quantitative estimate of drug-likeness (QED) is 0.622. The summed E-state index contributed by atoms with van der Waals surface area (Å²) in [4.78, 5) is 0. The normalized spacial score (nSPS) is 9.25. The Morgan fingerprint density at radius 3 is 1.81 bits per heavy atom. The van der Waals surface area contributed by atoms with E-state index in [-0.39, 0.29) is 5.82 Å². The Hall–Kier alpha value is -1.70. The maximum absolute atomic E-state index is 12.3. The maximum atomic E-state index is 12.3.